The Balaban J connectivity index is 2.73. The molecule has 1 amide bonds. The molecule has 0 saturated carbocycles. The predicted octanol–water partition coefficient (Wildman–Crippen LogP) is 1.60. The molecule has 0 aliphatic carbocycles. The number of aromatic nitrogens is 2. The molecular weight excluding hydrogens is 398 g/mol. The van der Waals surface area contributed by atoms with Gasteiger partial charge in [-0.15, -0.1) is 0 Å². The zero-order chi connectivity index (χ0) is 20.7. The maximum Gasteiger partial charge on any atom is 0.431 e. The molecule has 0 radical (unpaired) electrons. The quantitative estimate of drug-likeness (QED) is 0.776. The third-order valence-electron chi connectivity index (χ3n) is 3.56. The van der Waals surface area contributed by atoms with Gasteiger partial charge in [-0.3, -0.25) is 14.2 Å². The molecule has 1 unspecified atom stereocenters. The molecule has 0 aliphatic rings. The van der Waals surface area contributed by atoms with Gasteiger partial charge >= 0.3 is 11.9 Å². The van der Waals surface area contributed by atoms with E-state index in [1.807, 2.05) is 0 Å². The Morgan fingerprint density at radius 3 is 2.37 bits per heavy atom. The van der Waals surface area contributed by atoms with E-state index in [4.69, 9.17) is 22.1 Å². The van der Waals surface area contributed by atoms with Crippen molar-refractivity contribution >= 4 is 17.5 Å². The molecule has 1 aromatic heterocycles. The molecule has 27 heavy (non-hydrogen) atoms. The van der Waals surface area contributed by atoms with E-state index in [-0.39, 0.29) is 26.0 Å². The van der Waals surface area contributed by atoms with E-state index in [2.05, 4.69) is 0 Å². The van der Waals surface area contributed by atoms with Crippen LogP contribution in [0.15, 0.2) is 27.8 Å². The fourth-order valence-corrected chi connectivity index (χ4v) is 2.34. The first kappa shape index (κ1) is 20.5. The summed E-state index contributed by atoms with van der Waals surface area (Å²) in [5.74, 6) is -2.34. The summed E-state index contributed by atoms with van der Waals surface area (Å²) >= 11 is 5.80. The summed E-state index contributed by atoms with van der Waals surface area (Å²) in [6.45, 7) is 1.27. The van der Waals surface area contributed by atoms with Gasteiger partial charge in [0.05, 0.1) is 10.7 Å². The molecule has 0 spiro atoms. The van der Waals surface area contributed by atoms with Gasteiger partial charge < -0.3 is 10.5 Å². The molecule has 1 heterocycles. The number of nitrogens with two attached hydrogens (primary N) is 1. The zero-order valence-corrected chi connectivity index (χ0v) is 14.6. The van der Waals surface area contributed by atoms with Gasteiger partial charge in [-0.2, -0.15) is 13.2 Å². The minimum absolute atomic E-state index is 0.155. The molecule has 146 valence electrons. The average molecular weight is 410 g/mol. The lowest BCUT2D eigenvalue weighted by Gasteiger charge is -2.16. The van der Waals surface area contributed by atoms with Gasteiger partial charge in [0.1, 0.15) is 17.3 Å². The number of hydrogen-bond acceptors (Lipinski definition) is 4. The third-order valence-corrected chi connectivity index (χ3v) is 3.85. The lowest BCUT2D eigenvalue weighted by Crippen LogP contribution is -2.41. The number of ether oxygens (including phenoxy) is 1. The molecular formula is C15H12ClF4N3O4. The van der Waals surface area contributed by atoms with E-state index in [9.17, 15) is 31.9 Å². The number of halogens is 5. The molecule has 12 heteroatoms. The number of hydrogen-bond donors (Lipinski definition) is 1. The molecule has 1 aromatic carbocycles. The third kappa shape index (κ3) is 3.97. The number of carbonyl (C=O) groups excluding carboxylic acids is 1. The van der Waals surface area contributed by atoms with Crippen LogP contribution in [0, 0.1) is 5.82 Å². The summed E-state index contributed by atoms with van der Waals surface area (Å²) in [5, 5.41) is -0.305. The monoisotopic (exact) mass is 409 g/mol. The number of rotatable bonds is 4. The van der Waals surface area contributed by atoms with Crippen molar-refractivity contribution in [3.63, 3.8) is 0 Å². The number of alkyl halides is 3. The number of benzene rings is 1. The van der Waals surface area contributed by atoms with Crippen LogP contribution >= 0.6 is 11.6 Å². The van der Waals surface area contributed by atoms with Gasteiger partial charge in [0.25, 0.3) is 11.5 Å². The van der Waals surface area contributed by atoms with Crippen molar-refractivity contribution in [3.8, 4) is 11.4 Å². The van der Waals surface area contributed by atoms with Gasteiger partial charge in [-0.1, -0.05) is 11.6 Å². The van der Waals surface area contributed by atoms with Gasteiger partial charge in [-0.05, 0) is 13.0 Å². The largest absolute Gasteiger partial charge is 0.479 e. The maximum absolute atomic E-state index is 14.3. The van der Waals surface area contributed by atoms with Crippen molar-refractivity contribution < 1.29 is 27.1 Å². The normalized spacial score (nSPS) is 12.7. The molecule has 0 aliphatic heterocycles. The van der Waals surface area contributed by atoms with Crippen LogP contribution in [-0.2, 0) is 18.0 Å². The van der Waals surface area contributed by atoms with Crippen molar-refractivity contribution in [1.82, 2.24) is 9.13 Å². The number of primary amides is 1. The Labute approximate surface area is 153 Å². The molecule has 7 nitrogen and oxygen atoms in total. The second-order valence-electron chi connectivity index (χ2n) is 5.44. The predicted molar refractivity (Wildman–Crippen MR) is 86.5 cm³/mol. The minimum Gasteiger partial charge on any atom is -0.479 e. The van der Waals surface area contributed by atoms with Crippen LogP contribution < -0.4 is 21.7 Å². The van der Waals surface area contributed by atoms with Gasteiger partial charge in [0, 0.05) is 19.2 Å². The first-order valence-corrected chi connectivity index (χ1v) is 7.58. The standard InChI is InChI=1S/C15H12ClF4N3O4/c1-6(13(21)25)27-10-4-9(8(17)3-7(10)16)23-12(24)5-11(15(18,19)20)22(2)14(23)26/h3-6H,1-2H3,(H2,21,25). The highest BCUT2D eigenvalue weighted by molar-refractivity contribution is 6.32. The van der Waals surface area contributed by atoms with Crippen molar-refractivity contribution in [2.24, 2.45) is 12.8 Å². The topological polar surface area (TPSA) is 96.3 Å². The second kappa shape index (κ2) is 7.06. The van der Waals surface area contributed by atoms with Crippen LogP contribution in [0.25, 0.3) is 5.69 Å². The SMILES string of the molecule is CC(Oc1cc(-n2c(=O)cc(C(F)(F)F)n(C)c2=O)c(F)cc1Cl)C(N)=O. The van der Waals surface area contributed by atoms with Gasteiger partial charge in [0.2, 0.25) is 0 Å². The Kier molecular flexibility index (Phi) is 5.36. The lowest BCUT2D eigenvalue weighted by atomic mass is 10.2. The molecule has 0 saturated heterocycles. The Bertz CT molecular complexity index is 1030. The van der Waals surface area contributed by atoms with E-state index < -0.39 is 46.6 Å². The Hall–Kier alpha value is -2.82. The van der Waals surface area contributed by atoms with Crippen LogP contribution in [0.2, 0.25) is 5.02 Å². The molecule has 2 rings (SSSR count). The Morgan fingerprint density at radius 1 is 1.26 bits per heavy atom. The van der Waals surface area contributed by atoms with E-state index in [0.29, 0.717) is 6.07 Å². The fourth-order valence-electron chi connectivity index (χ4n) is 2.15. The van der Waals surface area contributed by atoms with E-state index >= 15 is 0 Å². The summed E-state index contributed by atoms with van der Waals surface area (Å²) in [6.07, 6.45) is -6.15. The summed E-state index contributed by atoms with van der Waals surface area (Å²) < 4.78 is 58.4. The highest BCUT2D eigenvalue weighted by atomic mass is 35.5. The summed E-state index contributed by atoms with van der Waals surface area (Å²) in [4.78, 5) is 35.4. The number of carbonyl (C=O) groups is 1. The highest BCUT2D eigenvalue weighted by Crippen LogP contribution is 2.30. The van der Waals surface area contributed by atoms with Crippen molar-refractivity contribution in [2.45, 2.75) is 19.2 Å². The summed E-state index contributed by atoms with van der Waals surface area (Å²) in [6, 6.07) is 1.65. The Morgan fingerprint density at radius 2 is 1.85 bits per heavy atom. The van der Waals surface area contributed by atoms with Crippen LogP contribution in [-0.4, -0.2) is 21.1 Å². The van der Waals surface area contributed by atoms with Crippen molar-refractivity contribution in [1.29, 1.82) is 0 Å². The molecule has 2 N–H and O–H groups in total. The summed E-state index contributed by atoms with van der Waals surface area (Å²) in [5.41, 5.74) is -0.0153. The zero-order valence-electron chi connectivity index (χ0n) is 13.8. The molecule has 0 bridgehead atoms. The first-order valence-electron chi connectivity index (χ1n) is 7.20. The minimum atomic E-state index is -4.96. The van der Waals surface area contributed by atoms with E-state index in [1.54, 1.807) is 0 Å². The van der Waals surface area contributed by atoms with E-state index in [1.165, 1.54) is 6.92 Å². The van der Waals surface area contributed by atoms with Gasteiger partial charge in [-0.25, -0.2) is 13.8 Å². The number of amides is 1. The van der Waals surface area contributed by atoms with Crippen LogP contribution in [0.3, 0.4) is 0 Å². The fraction of sp³-hybridized carbons (Fsp3) is 0.267. The second-order valence-corrected chi connectivity index (χ2v) is 5.85. The summed E-state index contributed by atoms with van der Waals surface area (Å²) in [7, 11) is 0.779. The smallest absolute Gasteiger partial charge is 0.431 e. The molecule has 0 fully saturated rings. The highest BCUT2D eigenvalue weighted by Gasteiger charge is 2.35. The van der Waals surface area contributed by atoms with Crippen molar-refractivity contribution in [3.05, 3.63) is 55.6 Å². The van der Waals surface area contributed by atoms with E-state index in [0.717, 1.165) is 13.1 Å². The maximum atomic E-state index is 14.3. The van der Waals surface area contributed by atoms with Crippen LogP contribution in [0.1, 0.15) is 12.6 Å². The van der Waals surface area contributed by atoms with Crippen LogP contribution in [0.5, 0.6) is 5.75 Å². The number of nitrogens with zero attached hydrogens (tertiary/aromatic N) is 2. The van der Waals surface area contributed by atoms with Gasteiger partial charge in [0.15, 0.2) is 6.10 Å². The average Bonchev–Trinajstić information content (AvgIpc) is 2.53. The lowest BCUT2D eigenvalue weighted by molar-refractivity contribution is -0.144. The van der Waals surface area contributed by atoms with Crippen molar-refractivity contribution in [2.75, 3.05) is 0 Å². The van der Waals surface area contributed by atoms with Crippen LogP contribution in [0.4, 0.5) is 17.6 Å². The first-order chi connectivity index (χ1) is 12.3. The molecule has 2 aromatic rings. The molecule has 1 atom stereocenters.